The van der Waals surface area contributed by atoms with Gasteiger partial charge in [0.15, 0.2) is 6.23 Å². The van der Waals surface area contributed by atoms with E-state index in [2.05, 4.69) is 4.98 Å². The Morgan fingerprint density at radius 1 is 1.56 bits per heavy atom. The van der Waals surface area contributed by atoms with E-state index >= 15 is 0 Å². The fourth-order valence-electron chi connectivity index (χ4n) is 1.83. The van der Waals surface area contributed by atoms with E-state index in [0.29, 0.717) is 38.5 Å². The topological polar surface area (TPSA) is 73.7 Å². The average Bonchev–Trinajstić information content (AvgIpc) is 2.88. The van der Waals surface area contributed by atoms with E-state index < -0.39 is 6.23 Å². The van der Waals surface area contributed by atoms with Gasteiger partial charge in [-0.3, -0.25) is 14.2 Å². The molecule has 7 heteroatoms. The summed E-state index contributed by atoms with van der Waals surface area (Å²) in [6.07, 6.45) is 2.40. The maximum absolute atomic E-state index is 12.3. The SMILES string of the molecule is CC(OC=O)n1cncc1C(=O)N1CCOCC1. The van der Waals surface area contributed by atoms with Crippen LogP contribution in [-0.4, -0.2) is 53.1 Å². The van der Waals surface area contributed by atoms with Crippen molar-refractivity contribution in [3.05, 3.63) is 18.2 Å². The van der Waals surface area contributed by atoms with Crippen molar-refractivity contribution in [1.29, 1.82) is 0 Å². The molecule has 0 aromatic carbocycles. The third-order valence-electron chi connectivity index (χ3n) is 2.83. The zero-order chi connectivity index (χ0) is 13.0. The van der Waals surface area contributed by atoms with Crippen LogP contribution in [0.5, 0.6) is 0 Å². The first-order chi connectivity index (χ1) is 8.74. The summed E-state index contributed by atoms with van der Waals surface area (Å²) in [4.78, 5) is 28.2. The van der Waals surface area contributed by atoms with Gasteiger partial charge in [0.05, 0.1) is 25.7 Å². The number of imidazole rings is 1. The van der Waals surface area contributed by atoms with Crippen LogP contribution in [0.3, 0.4) is 0 Å². The highest BCUT2D eigenvalue weighted by Gasteiger charge is 2.23. The second-order valence-corrected chi connectivity index (χ2v) is 3.92. The van der Waals surface area contributed by atoms with Gasteiger partial charge >= 0.3 is 0 Å². The smallest absolute Gasteiger partial charge is 0.295 e. The van der Waals surface area contributed by atoms with Crippen molar-refractivity contribution < 1.29 is 19.1 Å². The predicted octanol–water partition coefficient (Wildman–Crippen LogP) is 0.0470. The minimum absolute atomic E-state index is 0.128. The van der Waals surface area contributed by atoms with Crippen molar-refractivity contribution in [2.45, 2.75) is 13.2 Å². The molecule has 0 radical (unpaired) electrons. The van der Waals surface area contributed by atoms with Gasteiger partial charge in [-0.2, -0.15) is 0 Å². The standard InChI is InChI=1S/C11H15N3O4/c1-9(18-8-15)14-7-12-6-10(14)11(16)13-2-4-17-5-3-13/h6-9H,2-5H2,1H3. The Morgan fingerprint density at radius 3 is 2.94 bits per heavy atom. The van der Waals surface area contributed by atoms with E-state index in [1.807, 2.05) is 0 Å². The van der Waals surface area contributed by atoms with Gasteiger partial charge in [0.25, 0.3) is 12.4 Å². The van der Waals surface area contributed by atoms with Gasteiger partial charge in [-0.15, -0.1) is 0 Å². The van der Waals surface area contributed by atoms with Gasteiger partial charge in [0.1, 0.15) is 5.69 Å². The molecule has 2 heterocycles. The molecule has 0 aliphatic carbocycles. The van der Waals surface area contributed by atoms with Gasteiger partial charge in [0.2, 0.25) is 0 Å². The maximum Gasteiger partial charge on any atom is 0.295 e. The predicted molar refractivity (Wildman–Crippen MR) is 60.8 cm³/mol. The molecule has 0 bridgehead atoms. The molecule has 0 N–H and O–H groups in total. The third kappa shape index (κ3) is 2.51. The number of carbonyl (C=O) groups excluding carboxylic acids is 2. The van der Waals surface area contributed by atoms with Gasteiger partial charge in [0, 0.05) is 13.1 Å². The number of carbonyl (C=O) groups is 2. The van der Waals surface area contributed by atoms with E-state index in [0.717, 1.165) is 0 Å². The Kier molecular flexibility index (Phi) is 3.93. The van der Waals surface area contributed by atoms with Crippen LogP contribution in [0.15, 0.2) is 12.5 Å². The number of morpholine rings is 1. The van der Waals surface area contributed by atoms with Gasteiger partial charge in [-0.05, 0) is 6.92 Å². The molecule has 18 heavy (non-hydrogen) atoms. The number of aromatic nitrogens is 2. The monoisotopic (exact) mass is 253 g/mol. The largest absolute Gasteiger partial charge is 0.444 e. The van der Waals surface area contributed by atoms with Crippen LogP contribution in [0, 0.1) is 0 Å². The Bertz CT molecular complexity index is 426. The molecule has 1 saturated heterocycles. The Balaban J connectivity index is 2.14. The molecule has 1 aromatic rings. The van der Waals surface area contributed by atoms with Gasteiger partial charge in [-0.25, -0.2) is 4.98 Å². The highest BCUT2D eigenvalue weighted by Crippen LogP contribution is 2.13. The third-order valence-corrected chi connectivity index (χ3v) is 2.83. The number of nitrogens with zero attached hydrogens (tertiary/aromatic N) is 3. The van der Waals surface area contributed by atoms with E-state index in [9.17, 15) is 9.59 Å². The summed E-state index contributed by atoms with van der Waals surface area (Å²) in [7, 11) is 0. The van der Waals surface area contributed by atoms with Crippen LogP contribution in [0.25, 0.3) is 0 Å². The second-order valence-electron chi connectivity index (χ2n) is 3.92. The van der Waals surface area contributed by atoms with Crippen LogP contribution < -0.4 is 0 Å². The molecule has 1 amide bonds. The number of hydrogen-bond acceptors (Lipinski definition) is 5. The molecule has 2 rings (SSSR count). The molecule has 1 atom stereocenters. The Morgan fingerprint density at radius 2 is 2.28 bits per heavy atom. The lowest BCUT2D eigenvalue weighted by atomic mass is 10.3. The first kappa shape index (κ1) is 12.6. The lowest BCUT2D eigenvalue weighted by molar-refractivity contribution is -0.136. The van der Waals surface area contributed by atoms with Crippen LogP contribution >= 0.6 is 0 Å². The Labute approximate surface area is 104 Å². The summed E-state index contributed by atoms with van der Waals surface area (Å²) >= 11 is 0. The molecule has 1 aromatic heterocycles. The lowest BCUT2D eigenvalue weighted by Crippen LogP contribution is -2.41. The fraction of sp³-hybridized carbons (Fsp3) is 0.545. The summed E-state index contributed by atoms with van der Waals surface area (Å²) in [5, 5.41) is 0. The quantitative estimate of drug-likeness (QED) is 0.709. The van der Waals surface area contributed by atoms with E-state index in [-0.39, 0.29) is 5.91 Å². The number of amides is 1. The summed E-state index contributed by atoms with van der Waals surface area (Å²) in [5.41, 5.74) is 0.409. The minimum atomic E-state index is -0.551. The van der Waals surface area contributed by atoms with Crippen molar-refractivity contribution in [3.8, 4) is 0 Å². The number of rotatable bonds is 4. The molecule has 1 fully saturated rings. The molecule has 1 aliphatic rings. The Hall–Kier alpha value is -1.89. The van der Waals surface area contributed by atoms with Gasteiger partial charge in [-0.1, -0.05) is 0 Å². The molecular formula is C11H15N3O4. The maximum atomic E-state index is 12.3. The van der Waals surface area contributed by atoms with Crippen LogP contribution in [0.1, 0.15) is 23.6 Å². The summed E-state index contributed by atoms with van der Waals surface area (Å²) < 4.78 is 11.5. The zero-order valence-electron chi connectivity index (χ0n) is 10.1. The lowest BCUT2D eigenvalue weighted by Gasteiger charge is -2.27. The van der Waals surface area contributed by atoms with E-state index in [1.54, 1.807) is 11.8 Å². The summed E-state index contributed by atoms with van der Waals surface area (Å²) in [6.45, 7) is 4.24. The molecule has 98 valence electrons. The van der Waals surface area contributed by atoms with Crippen molar-refractivity contribution in [3.63, 3.8) is 0 Å². The first-order valence-corrected chi connectivity index (χ1v) is 5.72. The number of ether oxygens (including phenoxy) is 2. The van der Waals surface area contributed by atoms with Crippen molar-refractivity contribution in [2.24, 2.45) is 0 Å². The molecule has 1 unspecified atom stereocenters. The van der Waals surface area contributed by atoms with Gasteiger partial charge < -0.3 is 14.4 Å². The normalized spacial score (nSPS) is 17.3. The average molecular weight is 253 g/mol. The van der Waals surface area contributed by atoms with Crippen LogP contribution in [0.4, 0.5) is 0 Å². The van der Waals surface area contributed by atoms with E-state index in [1.165, 1.54) is 17.1 Å². The molecule has 7 nitrogen and oxygen atoms in total. The molecular weight excluding hydrogens is 238 g/mol. The minimum Gasteiger partial charge on any atom is -0.444 e. The van der Waals surface area contributed by atoms with Crippen molar-refractivity contribution in [2.75, 3.05) is 26.3 Å². The van der Waals surface area contributed by atoms with Crippen molar-refractivity contribution >= 4 is 12.4 Å². The van der Waals surface area contributed by atoms with Crippen LogP contribution in [-0.2, 0) is 14.3 Å². The van der Waals surface area contributed by atoms with Crippen molar-refractivity contribution in [1.82, 2.24) is 14.5 Å². The highest BCUT2D eigenvalue weighted by molar-refractivity contribution is 5.92. The van der Waals surface area contributed by atoms with Crippen LogP contribution in [0.2, 0.25) is 0 Å². The summed E-state index contributed by atoms with van der Waals surface area (Å²) in [6, 6.07) is 0. The number of hydrogen-bond donors (Lipinski definition) is 0. The molecule has 1 aliphatic heterocycles. The zero-order valence-corrected chi connectivity index (χ0v) is 10.1. The molecule has 0 spiro atoms. The highest BCUT2D eigenvalue weighted by atomic mass is 16.5. The fourth-order valence-corrected chi connectivity index (χ4v) is 1.83. The van der Waals surface area contributed by atoms with E-state index in [4.69, 9.17) is 9.47 Å². The second kappa shape index (κ2) is 5.63. The first-order valence-electron chi connectivity index (χ1n) is 5.72. The molecule has 0 saturated carbocycles. The summed E-state index contributed by atoms with van der Waals surface area (Å²) in [5.74, 6) is -0.128.